The fraction of sp³-hybridized carbons (Fsp3) is 0.304. The molecule has 0 radical (unpaired) electrons. The Balaban J connectivity index is 1.99. The number of amides is 3. The second-order valence-corrected chi connectivity index (χ2v) is 9.00. The van der Waals surface area contributed by atoms with E-state index < -0.39 is 12.1 Å². The Kier molecular flexibility index (Phi) is 7.69. The van der Waals surface area contributed by atoms with Crippen molar-refractivity contribution in [2.45, 2.75) is 26.8 Å². The summed E-state index contributed by atoms with van der Waals surface area (Å²) in [7, 11) is 1.54. The van der Waals surface area contributed by atoms with Crippen LogP contribution in [0.2, 0.25) is 5.02 Å². The summed E-state index contributed by atoms with van der Waals surface area (Å²) in [5.41, 5.74) is 1.93. The van der Waals surface area contributed by atoms with Gasteiger partial charge in [-0.25, -0.2) is 4.79 Å². The molecule has 0 bridgehead atoms. The number of halogens is 2. The first-order valence-electron chi connectivity index (χ1n) is 10.1. The maximum Gasteiger partial charge on any atom is 0.319 e. The van der Waals surface area contributed by atoms with Crippen molar-refractivity contribution in [3.05, 3.63) is 62.7 Å². The van der Waals surface area contributed by atoms with Crippen LogP contribution in [-0.4, -0.2) is 25.7 Å². The molecule has 2 aromatic rings. The lowest BCUT2D eigenvalue weighted by Gasteiger charge is -2.29. The normalized spacial score (nSPS) is 15.8. The first-order chi connectivity index (χ1) is 15.2. The minimum absolute atomic E-state index is 0.334. The van der Waals surface area contributed by atoms with Crippen molar-refractivity contribution < 1.29 is 19.1 Å². The van der Waals surface area contributed by atoms with Crippen molar-refractivity contribution in [1.82, 2.24) is 10.6 Å². The zero-order valence-corrected chi connectivity index (χ0v) is 20.6. The topological polar surface area (TPSA) is 88.7 Å². The fourth-order valence-electron chi connectivity index (χ4n) is 3.29. The summed E-state index contributed by atoms with van der Waals surface area (Å²) in [6, 6.07) is 9.40. The van der Waals surface area contributed by atoms with Gasteiger partial charge in [0, 0.05) is 5.70 Å². The number of ether oxygens (including phenoxy) is 2. The van der Waals surface area contributed by atoms with Crippen LogP contribution in [0.15, 0.2) is 52.1 Å². The number of benzene rings is 2. The van der Waals surface area contributed by atoms with Crippen LogP contribution in [0.1, 0.15) is 32.4 Å². The van der Waals surface area contributed by atoms with E-state index in [2.05, 4.69) is 45.7 Å². The van der Waals surface area contributed by atoms with E-state index in [1.54, 1.807) is 44.4 Å². The largest absolute Gasteiger partial charge is 0.493 e. The number of urea groups is 1. The Bertz CT molecular complexity index is 1070. The van der Waals surface area contributed by atoms with Gasteiger partial charge in [0.1, 0.15) is 0 Å². The van der Waals surface area contributed by atoms with Crippen LogP contribution >= 0.6 is 27.5 Å². The van der Waals surface area contributed by atoms with E-state index in [-0.39, 0.29) is 5.91 Å². The Morgan fingerprint density at radius 2 is 2.00 bits per heavy atom. The summed E-state index contributed by atoms with van der Waals surface area (Å²) in [4.78, 5) is 25.5. The molecule has 0 saturated heterocycles. The van der Waals surface area contributed by atoms with E-state index in [0.717, 1.165) is 0 Å². The standard InChI is InChI=1S/C23H25BrClN3O4/c1-12(2)11-32-21-15(24)9-14(10-18(21)31-4)20-19(13(3)26-23(30)28-20)22(29)27-17-8-6-5-7-16(17)25/h5-10,12,20H,11H2,1-4H3,(H,27,29)(H2,26,28,30)/t20-/m0/s1. The molecule has 2 aromatic carbocycles. The van der Waals surface area contributed by atoms with Crippen LogP contribution in [0, 0.1) is 5.92 Å². The molecule has 3 amide bonds. The maximum absolute atomic E-state index is 13.2. The smallest absolute Gasteiger partial charge is 0.319 e. The van der Waals surface area contributed by atoms with Gasteiger partial charge in [-0.15, -0.1) is 0 Å². The molecule has 1 atom stereocenters. The number of hydrogen-bond acceptors (Lipinski definition) is 4. The molecule has 0 unspecified atom stereocenters. The Hall–Kier alpha value is -2.71. The Morgan fingerprint density at radius 1 is 1.28 bits per heavy atom. The Morgan fingerprint density at radius 3 is 2.66 bits per heavy atom. The lowest BCUT2D eigenvalue weighted by Crippen LogP contribution is -2.46. The van der Waals surface area contributed by atoms with Gasteiger partial charge in [-0.3, -0.25) is 4.79 Å². The first kappa shape index (κ1) is 23.9. The summed E-state index contributed by atoms with van der Waals surface area (Å²) >= 11 is 9.74. The second-order valence-electron chi connectivity index (χ2n) is 7.74. The highest BCUT2D eigenvalue weighted by Crippen LogP contribution is 2.40. The number of anilines is 1. The highest BCUT2D eigenvalue weighted by molar-refractivity contribution is 9.10. The average Bonchev–Trinajstić information content (AvgIpc) is 2.73. The number of allylic oxidation sites excluding steroid dienone is 1. The van der Waals surface area contributed by atoms with Gasteiger partial charge in [0.05, 0.1) is 40.5 Å². The number of hydrogen-bond donors (Lipinski definition) is 3. The highest BCUT2D eigenvalue weighted by atomic mass is 79.9. The molecule has 0 aromatic heterocycles. The van der Waals surface area contributed by atoms with Crippen LogP contribution < -0.4 is 25.4 Å². The van der Waals surface area contributed by atoms with Gasteiger partial charge < -0.3 is 25.4 Å². The minimum Gasteiger partial charge on any atom is -0.493 e. The van der Waals surface area contributed by atoms with E-state index >= 15 is 0 Å². The highest BCUT2D eigenvalue weighted by Gasteiger charge is 2.32. The van der Waals surface area contributed by atoms with Gasteiger partial charge >= 0.3 is 6.03 Å². The summed E-state index contributed by atoms with van der Waals surface area (Å²) in [6.45, 7) is 6.30. The maximum atomic E-state index is 13.2. The molecule has 7 nitrogen and oxygen atoms in total. The number of methoxy groups -OCH3 is 1. The molecule has 0 spiro atoms. The summed E-state index contributed by atoms with van der Waals surface area (Å²) < 4.78 is 12.1. The third-order valence-electron chi connectivity index (χ3n) is 4.78. The van der Waals surface area contributed by atoms with Gasteiger partial charge in [0.25, 0.3) is 5.91 Å². The molecule has 0 aliphatic carbocycles. The molecule has 0 fully saturated rings. The van der Waals surface area contributed by atoms with Crippen molar-refractivity contribution in [2.24, 2.45) is 5.92 Å². The predicted octanol–water partition coefficient (Wildman–Crippen LogP) is 5.41. The van der Waals surface area contributed by atoms with Gasteiger partial charge in [0.15, 0.2) is 11.5 Å². The van der Waals surface area contributed by atoms with E-state index in [1.165, 1.54) is 0 Å². The molecule has 32 heavy (non-hydrogen) atoms. The number of carbonyl (C=O) groups excluding carboxylic acids is 2. The zero-order chi connectivity index (χ0) is 23.4. The molecule has 0 saturated carbocycles. The quantitative estimate of drug-likeness (QED) is 0.453. The lowest BCUT2D eigenvalue weighted by atomic mass is 9.94. The fourth-order valence-corrected chi connectivity index (χ4v) is 4.05. The third-order valence-corrected chi connectivity index (χ3v) is 5.70. The van der Waals surface area contributed by atoms with Crippen molar-refractivity contribution in [3.63, 3.8) is 0 Å². The second kappa shape index (κ2) is 10.3. The number of nitrogens with one attached hydrogen (secondary N) is 3. The van der Waals surface area contributed by atoms with Crippen molar-refractivity contribution >= 4 is 45.2 Å². The van der Waals surface area contributed by atoms with Gasteiger partial charge in [0.2, 0.25) is 0 Å². The predicted molar refractivity (Wildman–Crippen MR) is 128 cm³/mol. The SMILES string of the molecule is COc1cc([C@@H]2NC(=O)NC(C)=C2C(=O)Nc2ccccc2Cl)cc(Br)c1OCC(C)C. The number of carbonyl (C=O) groups is 2. The van der Waals surface area contributed by atoms with Crippen LogP contribution in [0.3, 0.4) is 0 Å². The molecule has 1 aliphatic heterocycles. The summed E-state index contributed by atoms with van der Waals surface area (Å²) in [6.07, 6.45) is 0. The van der Waals surface area contributed by atoms with Crippen molar-refractivity contribution in [3.8, 4) is 11.5 Å². The van der Waals surface area contributed by atoms with Crippen LogP contribution in [0.4, 0.5) is 10.5 Å². The van der Waals surface area contributed by atoms with E-state index in [9.17, 15) is 9.59 Å². The zero-order valence-electron chi connectivity index (χ0n) is 18.2. The van der Waals surface area contributed by atoms with Crippen molar-refractivity contribution in [1.29, 1.82) is 0 Å². The summed E-state index contributed by atoms with van der Waals surface area (Å²) in [5.74, 6) is 1.00. The molecule has 3 N–H and O–H groups in total. The Labute approximate surface area is 200 Å². The lowest BCUT2D eigenvalue weighted by molar-refractivity contribution is -0.113. The van der Waals surface area contributed by atoms with Crippen molar-refractivity contribution in [2.75, 3.05) is 19.0 Å². The molecule has 170 valence electrons. The minimum atomic E-state index is -0.712. The number of para-hydroxylation sites is 1. The van der Waals surface area contributed by atoms with Gasteiger partial charge in [-0.1, -0.05) is 37.6 Å². The molecular formula is C23H25BrClN3O4. The number of rotatable bonds is 7. The monoisotopic (exact) mass is 521 g/mol. The van der Waals surface area contributed by atoms with Crippen LogP contribution in [0.5, 0.6) is 11.5 Å². The average molecular weight is 523 g/mol. The van der Waals surface area contributed by atoms with Crippen LogP contribution in [-0.2, 0) is 4.79 Å². The molecule has 9 heteroatoms. The molecule has 1 heterocycles. The van der Waals surface area contributed by atoms with Gasteiger partial charge in [-0.05, 0) is 58.6 Å². The molecular weight excluding hydrogens is 498 g/mol. The van der Waals surface area contributed by atoms with Crippen LogP contribution in [0.25, 0.3) is 0 Å². The first-order valence-corrected chi connectivity index (χ1v) is 11.2. The van der Waals surface area contributed by atoms with Gasteiger partial charge in [-0.2, -0.15) is 0 Å². The van der Waals surface area contributed by atoms with E-state index in [4.69, 9.17) is 21.1 Å². The third kappa shape index (κ3) is 5.37. The van der Waals surface area contributed by atoms with E-state index in [1.807, 2.05) is 6.07 Å². The van der Waals surface area contributed by atoms with E-state index in [0.29, 0.717) is 56.0 Å². The molecule has 3 rings (SSSR count). The summed E-state index contributed by atoms with van der Waals surface area (Å²) in [5, 5.41) is 8.73. The molecule has 1 aliphatic rings.